The molecule has 5 rings (SSSR count). The highest BCUT2D eigenvalue weighted by Crippen LogP contribution is 2.30. The van der Waals surface area contributed by atoms with E-state index in [0.717, 1.165) is 18.5 Å². The van der Waals surface area contributed by atoms with Gasteiger partial charge >= 0.3 is 0 Å². The molecule has 4 aromatic rings. The lowest BCUT2D eigenvalue weighted by molar-refractivity contribution is -0.128. The Morgan fingerprint density at radius 1 is 1.19 bits per heavy atom. The number of H-pyrrole nitrogens is 1. The van der Waals surface area contributed by atoms with Crippen molar-refractivity contribution < 1.29 is 9.32 Å². The zero-order valence-electron chi connectivity index (χ0n) is 17.7. The number of anilines is 1. The predicted molar refractivity (Wildman–Crippen MR) is 116 cm³/mol. The molecule has 32 heavy (non-hydrogen) atoms. The SMILES string of the molecule is C[C@@H](Nc1nccc(-c2cccc(-c3cc([C@@H]4CCN(C)C4=O)on3)n2)n1)c1cn[nH]c1. The molecule has 0 radical (unpaired) electrons. The molecule has 0 bridgehead atoms. The molecule has 10 heteroatoms. The Hall–Kier alpha value is -4.08. The van der Waals surface area contributed by atoms with Crippen LogP contribution in [0.5, 0.6) is 0 Å². The zero-order valence-corrected chi connectivity index (χ0v) is 17.7. The third-order valence-electron chi connectivity index (χ3n) is 5.59. The van der Waals surface area contributed by atoms with Gasteiger partial charge in [0, 0.05) is 37.6 Å². The van der Waals surface area contributed by atoms with Gasteiger partial charge in [-0.3, -0.25) is 9.89 Å². The normalized spacial score (nSPS) is 17.0. The smallest absolute Gasteiger partial charge is 0.233 e. The summed E-state index contributed by atoms with van der Waals surface area (Å²) in [5.41, 5.74) is 3.61. The van der Waals surface area contributed by atoms with E-state index in [0.29, 0.717) is 34.5 Å². The number of amides is 1. The lowest BCUT2D eigenvalue weighted by Gasteiger charge is -2.12. The van der Waals surface area contributed by atoms with Crippen LogP contribution in [0.25, 0.3) is 22.8 Å². The second kappa shape index (κ2) is 8.22. The number of nitrogens with one attached hydrogen (secondary N) is 2. The van der Waals surface area contributed by atoms with Crippen molar-refractivity contribution in [3.63, 3.8) is 0 Å². The van der Waals surface area contributed by atoms with Crippen molar-refractivity contribution in [3.05, 3.63) is 60.2 Å². The minimum Gasteiger partial charge on any atom is -0.360 e. The number of carbonyl (C=O) groups is 1. The number of likely N-dealkylation sites (N-methyl/N-ethyl adjacent to an activating group) is 1. The van der Waals surface area contributed by atoms with E-state index in [4.69, 9.17) is 9.51 Å². The molecule has 2 N–H and O–H groups in total. The van der Waals surface area contributed by atoms with Gasteiger partial charge in [0.15, 0.2) is 0 Å². The van der Waals surface area contributed by atoms with Gasteiger partial charge in [0.2, 0.25) is 11.9 Å². The average molecular weight is 430 g/mol. The number of likely N-dealkylation sites (tertiary alicyclic amines) is 1. The summed E-state index contributed by atoms with van der Waals surface area (Å²) in [6.07, 6.45) is 6.01. The maximum absolute atomic E-state index is 12.3. The lowest BCUT2D eigenvalue weighted by atomic mass is 10.0. The molecule has 162 valence electrons. The van der Waals surface area contributed by atoms with Gasteiger partial charge < -0.3 is 14.7 Å². The van der Waals surface area contributed by atoms with Crippen molar-refractivity contribution in [3.8, 4) is 22.8 Å². The summed E-state index contributed by atoms with van der Waals surface area (Å²) in [5, 5.41) is 14.2. The number of pyridine rings is 1. The summed E-state index contributed by atoms with van der Waals surface area (Å²) in [6, 6.07) is 9.23. The number of hydrogen-bond donors (Lipinski definition) is 2. The van der Waals surface area contributed by atoms with Crippen LogP contribution in [0.2, 0.25) is 0 Å². The van der Waals surface area contributed by atoms with Crippen molar-refractivity contribution in [2.75, 3.05) is 18.9 Å². The quantitative estimate of drug-likeness (QED) is 0.478. The molecule has 0 aliphatic carbocycles. The highest BCUT2D eigenvalue weighted by molar-refractivity contribution is 5.85. The number of nitrogens with zero attached hydrogens (tertiary/aromatic N) is 6. The molecule has 0 spiro atoms. The van der Waals surface area contributed by atoms with E-state index < -0.39 is 0 Å². The van der Waals surface area contributed by atoms with Gasteiger partial charge in [-0.25, -0.2) is 15.0 Å². The van der Waals surface area contributed by atoms with Crippen LogP contribution in [0.15, 0.2) is 53.4 Å². The van der Waals surface area contributed by atoms with E-state index in [1.54, 1.807) is 36.5 Å². The van der Waals surface area contributed by atoms with Crippen LogP contribution < -0.4 is 5.32 Å². The van der Waals surface area contributed by atoms with Crippen LogP contribution in [-0.2, 0) is 4.79 Å². The molecule has 0 saturated carbocycles. The molecule has 0 unspecified atom stereocenters. The summed E-state index contributed by atoms with van der Waals surface area (Å²) >= 11 is 0. The molecule has 0 aromatic carbocycles. The number of aromatic amines is 1. The third kappa shape index (κ3) is 3.82. The molecule has 1 aliphatic rings. The van der Waals surface area contributed by atoms with E-state index in [-0.39, 0.29) is 17.9 Å². The van der Waals surface area contributed by atoms with Gasteiger partial charge in [-0.05, 0) is 31.5 Å². The van der Waals surface area contributed by atoms with Crippen LogP contribution in [-0.4, -0.2) is 54.7 Å². The Bertz CT molecular complexity index is 1240. The minimum atomic E-state index is -0.280. The maximum Gasteiger partial charge on any atom is 0.233 e. The van der Waals surface area contributed by atoms with Crippen molar-refractivity contribution in [1.29, 1.82) is 0 Å². The Kier molecular flexibility index (Phi) is 5.10. The first-order chi connectivity index (χ1) is 15.6. The van der Waals surface area contributed by atoms with Crippen LogP contribution in [0, 0.1) is 0 Å². The summed E-state index contributed by atoms with van der Waals surface area (Å²) in [4.78, 5) is 27.6. The van der Waals surface area contributed by atoms with Crippen molar-refractivity contribution in [2.45, 2.75) is 25.3 Å². The number of carbonyl (C=O) groups excluding carboxylic acids is 1. The van der Waals surface area contributed by atoms with Crippen LogP contribution in [0.3, 0.4) is 0 Å². The van der Waals surface area contributed by atoms with Gasteiger partial charge in [-0.15, -0.1) is 0 Å². The largest absolute Gasteiger partial charge is 0.360 e. The lowest BCUT2D eigenvalue weighted by Crippen LogP contribution is -2.21. The maximum atomic E-state index is 12.3. The fraction of sp³-hybridized carbons (Fsp3) is 0.273. The first-order valence-electron chi connectivity index (χ1n) is 10.4. The number of hydrogen-bond acceptors (Lipinski definition) is 8. The fourth-order valence-corrected chi connectivity index (χ4v) is 3.73. The number of aromatic nitrogens is 6. The minimum absolute atomic E-state index is 0.00538. The van der Waals surface area contributed by atoms with Crippen LogP contribution >= 0.6 is 0 Å². The molecule has 1 fully saturated rings. The van der Waals surface area contributed by atoms with Crippen molar-refractivity contribution >= 4 is 11.9 Å². The monoisotopic (exact) mass is 430 g/mol. The summed E-state index contributed by atoms with van der Waals surface area (Å²) in [7, 11) is 1.80. The van der Waals surface area contributed by atoms with Gasteiger partial charge in [-0.2, -0.15) is 5.10 Å². The third-order valence-corrected chi connectivity index (χ3v) is 5.59. The molecule has 1 amide bonds. The molecule has 4 aromatic heterocycles. The van der Waals surface area contributed by atoms with Gasteiger partial charge in [0.05, 0.1) is 29.3 Å². The Labute approximate surface area is 184 Å². The average Bonchev–Trinajstić information content (AvgIpc) is 3.57. The molecular weight excluding hydrogens is 408 g/mol. The Morgan fingerprint density at radius 3 is 2.75 bits per heavy atom. The molecular formula is C22H22N8O2. The zero-order chi connectivity index (χ0) is 22.1. The van der Waals surface area contributed by atoms with Crippen molar-refractivity contribution in [2.24, 2.45) is 0 Å². The molecule has 2 atom stereocenters. The predicted octanol–water partition coefficient (Wildman–Crippen LogP) is 3.04. The van der Waals surface area contributed by atoms with Gasteiger partial charge in [0.1, 0.15) is 17.4 Å². The highest BCUT2D eigenvalue weighted by atomic mass is 16.5. The van der Waals surface area contributed by atoms with E-state index in [9.17, 15) is 4.79 Å². The fourth-order valence-electron chi connectivity index (χ4n) is 3.73. The first kappa shape index (κ1) is 19.9. The summed E-state index contributed by atoms with van der Waals surface area (Å²) < 4.78 is 5.48. The molecule has 1 aliphatic heterocycles. The Morgan fingerprint density at radius 2 is 2.00 bits per heavy atom. The second-order valence-corrected chi connectivity index (χ2v) is 7.79. The highest BCUT2D eigenvalue weighted by Gasteiger charge is 2.33. The van der Waals surface area contributed by atoms with Crippen molar-refractivity contribution in [1.82, 2.24) is 35.2 Å². The summed E-state index contributed by atoms with van der Waals surface area (Å²) in [6.45, 7) is 2.73. The number of rotatable bonds is 6. The van der Waals surface area contributed by atoms with E-state index in [1.165, 1.54) is 0 Å². The second-order valence-electron chi connectivity index (χ2n) is 7.79. The van der Waals surface area contributed by atoms with Crippen LogP contribution in [0.4, 0.5) is 5.95 Å². The van der Waals surface area contributed by atoms with Gasteiger partial charge in [0.25, 0.3) is 0 Å². The molecule has 1 saturated heterocycles. The Balaban J connectivity index is 1.37. The molecule has 10 nitrogen and oxygen atoms in total. The summed E-state index contributed by atoms with van der Waals surface area (Å²) in [5.74, 6) is 0.844. The topological polar surface area (TPSA) is 126 Å². The first-order valence-corrected chi connectivity index (χ1v) is 10.4. The molecule has 5 heterocycles. The van der Waals surface area contributed by atoms with E-state index >= 15 is 0 Å². The van der Waals surface area contributed by atoms with E-state index in [2.05, 4.69) is 30.6 Å². The standard InChI is InChI=1S/C22H22N8O2/c1-13(14-11-24-25-12-14)26-22-23-8-6-18(28-22)16-4-3-5-17(27-16)19-10-20(32-29-19)15-7-9-30(2)21(15)31/h3-6,8,10-13,15H,7,9H2,1-2H3,(H,24,25)(H,23,26,28)/t13-,15+/m1/s1. The van der Waals surface area contributed by atoms with E-state index in [1.807, 2.05) is 31.3 Å². The van der Waals surface area contributed by atoms with Gasteiger partial charge in [-0.1, -0.05) is 11.2 Å². The van der Waals surface area contributed by atoms with Crippen LogP contribution in [0.1, 0.15) is 36.6 Å².